The minimum atomic E-state index is -4.22. The van der Waals surface area contributed by atoms with Crippen LogP contribution in [-0.4, -0.2) is 29.6 Å². The van der Waals surface area contributed by atoms with Crippen LogP contribution in [0.5, 0.6) is 0 Å². The minimum absolute atomic E-state index is 0.280. The van der Waals surface area contributed by atoms with Crippen LogP contribution in [0.2, 0.25) is 0 Å². The first kappa shape index (κ1) is 13.8. The predicted molar refractivity (Wildman–Crippen MR) is 64.0 cm³/mol. The van der Waals surface area contributed by atoms with Gasteiger partial charge in [-0.05, 0) is 22.0 Å². The summed E-state index contributed by atoms with van der Waals surface area (Å²) >= 11 is 6.33. The van der Waals surface area contributed by atoms with Gasteiger partial charge < -0.3 is 4.90 Å². The highest BCUT2D eigenvalue weighted by molar-refractivity contribution is 9.10. The summed E-state index contributed by atoms with van der Waals surface area (Å²) in [6.07, 6.45) is -1.27. The standard InChI is InChI=1S/C9H9Br2F3N2/c10-2-4-16(6-9(12,13)14)8-1-3-15-5-7(8)11/h1,3,5H,2,4,6H2. The van der Waals surface area contributed by atoms with Crippen LogP contribution in [0.25, 0.3) is 0 Å². The lowest BCUT2D eigenvalue weighted by Crippen LogP contribution is -2.35. The monoisotopic (exact) mass is 360 g/mol. The molecule has 0 atom stereocenters. The number of anilines is 1. The van der Waals surface area contributed by atoms with E-state index in [1.807, 2.05) is 0 Å². The summed E-state index contributed by atoms with van der Waals surface area (Å²) in [6, 6.07) is 1.55. The second kappa shape index (κ2) is 5.86. The summed E-state index contributed by atoms with van der Waals surface area (Å²) in [7, 11) is 0. The van der Waals surface area contributed by atoms with Gasteiger partial charge in [0, 0.05) is 24.3 Å². The third-order valence-corrected chi connectivity index (χ3v) is 2.78. The SMILES string of the molecule is FC(F)(F)CN(CCBr)c1ccncc1Br. The van der Waals surface area contributed by atoms with E-state index in [0.29, 0.717) is 15.5 Å². The molecule has 16 heavy (non-hydrogen) atoms. The van der Waals surface area contributed by atoms with Gasteiger partial charge in [0.1, 0.15) is 6.54 Å². The van der Waals surface area contributed by atoms with Gasteiger partial charge in [-0.1, -0.05) is 15.9 Å². The molecule has 0 aliphatic rings. The second-order valence-electron chi connectivity index (χ2n) is 3.05. The molecule has 0 aliphatic heterocycles. The van der Waals surface area contributed by atoms with Crippen molar-refractivity contribution in [3.63, 3.8) is 0 Å². The zero-order valence-corrected chi connectivity index (χ0v) is 11.3. The van der Waals surface area contributed by atoms with Crippen LogP contribution in [0.4, 0.5) is 18.9 Å². The highest BCUT2D eigenvalue weighted by Gasteiger charge is 2.31. The Kier molecular flexibility index (Phi) is 5.04. The number of alkyl halides is 4. The quantitative estimate of drug-likeness (QED) is 0.761. The lowest BCUT2D eigenvalue weighted by molar-refractivity contribution is -0.119. The van der Waals surface area contributed by atoms with E-state index in [-0.39, 0.29) is 6.54 Å². The van der Waals surface area contributed by atoms with Crippen LogP contribution in [0, 0.1) is 0 Å². The van der Waals surface area contributed by atoms with Crippen molar-refractivity contribution in [3.05, 3.63) is 22.9 Å². The van der Waals surface area contributed by atoms with Crippen molar-refractivity contribution in [2.45, 2.75) is 6.18 Å². The van der Waals surface area contributed by atoms with Gasteiger partial charge in [-0.3, -0.25) is 4.98 Å². The van der Waals surface area contributed by atoms with Crippen molar-refractivity contribution in [3.8, 4) is 0 Å². The van der Waals surface area contributed by atoms with Gasteiger partial charge in [0.25, 0.3) is 0 Å². The van der Waals surface area contributed by atoms with E-state index >= 15 is 0 Å². The fourth-order valence-corrected chi connectivity index (χ4v) is 2.16. The molecule has 0 spiro atoms. The minimum Gasteiger partial charge on any atom is -0.361 e. The molecule has 0 unspecified atom stereocenters. The fraction of sp³-hybridized carbons (Fsp3) is 0.444. The Morgan fingerprint density at radius 3 is 2.56 bits per heavy atom. The maximum absolute atomic E-state index is 12.4. The largest absolute Gasteiger partial charge is 0.405 e. The van der Waals surface area contributed by atoms with Crippen molar-refractivity contribution >= 4 is 37.5 Å². The molecule has 1 rings (SSSR count). The van der Waals surface area contributed by atoms with E-state index in [1.54, 1.807) is 6.07 Å². The number of halogens is 5. The van der Waals surface area contributed by atoms with Crippen molar-refractivity contribution in [2.75, 3.05) is 23.3 Å². The summed E-state index contributed by atoms with van der Waals surface area (Å²) in [5.74, 6) is 0. The lowest BCUT2D eigenvalue weighted by atomic mass is 10.3. The number of aromatic nitrogens is 1. The molecule has 0 aromatic carbocycles. The van der Waals surface area contributed by atoms with Crippen LogP contribution in [0.15, 0.2) is 22.9 Å². The Labute approximate surface area is 108 Å². The first-order valence-electron chi connectivity index (χ1n) is 4.41. The van der Waals surface area contributed by atoms with E-state index in [2.05, 4.69) is 36.8 Å². The lowest BCUT2D eigenvalue weighted by Gasteiger charge is -2.25. The van der Waals surface area contributed by atoms with Gasteiger partial charge in [0.15, 0.2) is 0 Å². The van der Waals surface area contributed by atoms with E-state index < -0.39 is 12.7 Å². The number of hydrogen-bond donors (Lipinski definition) is 0. The molecule has 0 saturated carbocycles. The van der Waals surface area contributed by atoms with Gasteiger partial charge in [-0.25, -0.2) is 0 Å². The molecule has 2 nitrogen and oxygen atoms in total. The van der Waals surface area contributed by atoms with Crippen LogP contribution >= 0.6 is 31.9 Å². The van der Waals surface area contributed by atoms with E-state index in [1.165, 1.54) is 17.3 Å². The van der Waals surface area contributed by atoms with Crippen molar-refractivity contribution in [1.29, 1.82) is 0 Å². The third kappa shape index (κ3) is 4.29. The van der Waals surface area contributed by atoms with Crippen LogP contribution in [0.3, 0.4) is 0 Å². The topological polar surface area (TPSA) is 16.1 Å². The summed E-state index contributed by atoms with van der Waals surface area (Å²) in [5, 5.41) is 0.470. The molecule has 7 heteroatoms. The Morgan fingerprint density at radius 1 is 1.38 bits per heavy atom. The van der Waals surface area contributed by atoms with E-state index in [9.17, 15) is 13.2 Å². The molecule has 90 valence electrons. The predicted octanol–water partition coefficient (Wildman–Crippen LogP) is 3.61. The first-order valence-corrected chi connectivity index (χ1v) is 6.32. The van der Waals surface area contributed by atoms with Crippen molar-refractivity contribution < 1.29 is 13.2 Å². The van der Waals surface area contributed by atoms with Gasteiger partial charge in [0.2, 0.25) is 0 Å². The molecule has 1 heterocycles. The summed E-state index contributed by atoms with van der Waals surface area (Å²) in [6.45, 7) is -0.691. The maximum Gasteiger partial charge on any atom is 0.405 e. The van der Waals surface area contributed by atoms with Crippen LogP contribution in [0.1, 0.15) is 0 Å². The van der Waals surface area contributed by atoms with Crippen LogP contribution < -0.4 is 4.90 Å². The third-order valence-electron chi connectivity index (χ3n) is 1.82. The summed E-state index contributed by atoms with van der Waals surface area (Å²) < 4.78 is 37.6. The Hall–Kier alpha value is -0.300. The smallest absolute Gasteiger partial charge is 0.361 e. The van der Waals surface area contributed by atoms with E-state index in [4.69, 9.17) is 0 Å². The zero-order valence-electron chi connectivity index (χ0n) is 8.14. The molecule has 0 saturated heterocycles. The van der Waals surface area contributed by atoms with Gasteiger partial charge in [-0.15, -0.1) is 0 Å². The van der Waals surface area contributed by atoms with Crippen molar-refractivity contribution in [1.82, 2.24) is 4.98 Å². The average Bonchev–Trinajstić information content (AvgIpc) is 2.16. The van der Waals surface area contributed by atoms with Gasteiger partial charge in [0.05, 0.1) is 10.2 Å². The highest BCUT2D eigenvalue weighted by Crippen LogP contribution is 2.28. The summed E-state index contributed by atoms with van der Waals surface area (Å²) in [5.41, 5.74) is 0.492. The molecule has 0 aliphatic carbocycles. The molecule has 1 aromatic rings. The van der Waals surface area contributed by atoms with Crippen LogP contribution in [-0.2, 0) is 0 Å². The zero-order chi connectivity index (χ0) is 12.2. The van der Waals surface area contributed by atoms with E-state index in [0.717, 1.165) is 0 Å². The highest BCUT2D eigenvalue weighted by atomic mass is 79.9. The molecule has 0 fully saturated rings. The molecular weight excluding hydrogens is 353 g/mol. The Bertz CT molecular complexity index is 344. The van der Waals surface area contributed by atoms with Gasteiger partial charge in [-0.2, -0.15) is 13.2 Å². The van der Waals surface area contributed by atoms with Crippen molar-refractivity contribution in [2.24, 2.45) is 0 Å². The Balaban J connectivity index is 2.89. The average molecular weight is 362 g/mol. The number of rotatable bonds is 4. The number of nitrogens with zero attached hydrogens (tertiary/aromatic N) is 2. The molecule has 0 amide bonds. The molecule has 1 aromatic heterocycles. The molecular formula is C9H9Br2F3N2. The molecule has 0 N–H and O–H groups in total. The number of hydrogen-bond acceptors (Lipinski definition) is 2. The van der Waals surface area contributed by atoms with Gasteiger partial charge >= 0.3 is 6.18 Å². The maximum atomic E-state index is 12.4. The summed E-state index contributed by atoms with van der Waals surface area (Å²) in [4.78, 5) is 5.07. The number of pyridine rings is 1. The second-order valence-corrected chi connectivity index (χ2v) is 4.70. The normalized spacial score (nSPS) is 11.6. The fourth-order valence-electron chi connectivity index (χ4n) is 1.23. The Morgan fingerprint density at radius 2 is 2.06 bits per heavy atom. The molecule has 0 bridgehead atoms. The first-order chi connectivity index (χ1) is 7.44. The molecule has 0 radical (unpaired) electrons.